The highest BCUT2D eigenvalue weighted by Crippen LogP contribution is 2.58. The van der Waals surface area contributed by atoms with Gasteiger partial charge in [-0.1, -0.05) is 56.1 Å². The number of benzene rings is 3. The van der Waals surface area contributed by atoms with Gasteiger partial charge in [0.1, 0.15) is 22.8 Å². The first-order valence-electron chi connectivity index (χ1n) is 13.5. The van der Waals surface area contributed by atoms with Gasteiger partial charge < -0.3 is 26.4 Å². The molecule has 3 amide bonds. The minimum absolute atomic E-state index is 0.00767. The van der Waals surface area contributed by atoms with Crippen LogP contribution < -0.4 is 26.4 Å². The van der Waals surface area contributed by atoms with E-state index in [4.69, 9.17) is 33.7 Å². The fourth-order valence-electron chi connectivity index (χ4n) is 6.39. The van der Waals surface area contributed by atoms with Gasteiger partial charge in [0.2, 0.25) is 17.7 Å². The highest BCUT2D eigenvalue weighted by Gasteiger charge is 2.67. The fourth-order valence-corrected chi connectivity index (χ4v) is 6.77. The van der Waals surface area contributed by atoms with Crippen LogP contribution >= 0.6 is 23.2 Å². The van der Waals surface area contributed by atoms with Gasteiger partial charge in [0.15, 0.2) is 0 Å². The summed E-state index contributed by atoms with van der Waals surface area (Å²) in [6.45, 7) is 5.84. The summed E-state index contributed by atoms with van der Waals surface area (Å²) in [6.07, 6.45) is 0.307. The van der Waals surface area contributed by atoms with Crippen molar-refractivity contribution in [2.24, 2.45) is 11.1 Å². The maximum absolute atomic E-state index is 16.0. The van der Waals surface area contributed by atoms with Crippen LogP contribution in [0, 0.1) is 17.0 Å². The molecule has 4 atom stereocenters. The van der Waals surface area contributed by atoms with E-state index in [0.717, 1.165) is 6.07 Å². The third-order valence-electron chi connectivity index (χ3n) is 8.01. The fraction of sp³-hybridized carbons (Fsp3) is 0.323. The Labute approximate surface area is 257 Å². The number of nitrogens with one attached hydrogen (secondary N) is 3. The molecule has 8 nitrogen and oxygen atoms in total. The summed E-state index contributed by atoms with van der Waals surface area (Å²) < 4.78 is 37.3. The monoisotopic (exact) mass is 630 g/mol. The number of rotatable bonds is 6. The van der Waals surface area contributed by atoms with Gasteiger partial charge in [-0.05, 0) is 53.8 Å². The van der Waals surface area contributed by atoms with Crippen molar-refractivity contribution in [3.8, 4) is 5.75 Å². The number of anilines is 2. The minimum atomic E-state index is -1.77. The number of hydrogen-bond donors (Lipinski definition) is 4. The Morgan fingerprint density at radius 1 is 1.12 bits per heavy atom. The molecule has 1 saturated heterocycles. The number of nitrogens with two attached hydrogens (primary N) is 1. The maximum atomic E-state index is 16.0. The molecular formula is C31H30Cl2F2N4O4. The second-order valence-electron chi connectivity index (χ2n) is 12.0. The highest BCUT2D eigenvalue weighted by molar-refractivity contribution is 6.31. The molecule has 5 rings (SSSR count). The number of fused-ring (bicyclic) bond motifs is 2. The van der Waals surface area contributed by atoms with Gasteiger partial charge in [-0.3, -0.25) is 14.4 Å². The summed E-state index contributed by atoms with van der Waals surface area (Å²) in [5, 5.41) is 8.66. The summed E-state index contributed by atoms with van der Waals surface area (Å²) in [5.74, 6) is -4.65. The van der Waals surface area contributed by atoms with E-state index < -0.39 is 58.2 Å². The summed E-state index contributed by atoms with van der Waals surface area (Å²) in [4.78, 5) is 40.1. The average molecular weight is 632 g/mol. The van der Waals surface area contributed by atoms with Crippen molar-refractivity contribution in [3.63, 3.8) is 0 Å². The van der Waals surface area contributed by atoms with Crippen LogP contribution in [0.15, 0.2) is 48.5 Å². The lowest BCUT2D eigenvalue weighted by atomic mass is 9.62. The Bertz CT molecular complexity index is 1660. The number of amides is 3. The number of methoxy groups -OCH3 is 1. The van der Waals surface area contributed by atoms with Gasteiger partial charge in [0, 0.05) is 33.8 Å². The maximum Gasteiger partial charge on any atom is 0.248 e. The Morgan fingerprint density at radius 2 is 1.84 bits per heavy atom. The van der Waals surface area contributed by atoms with Gasteiger partial charge in [-0.25, -0.2) is 8.78 Å². The van der Waals surface area contributed by atoms with E-state index in [-0.39, 0.29) is 43.9 Å². The van der Waals surface area contributed by atoms with Crippen molar-refractivity contribution in [1.29, 1.82) is 0 Å². The first-order valence-corrected chi connectivity index (χ1v) is 14.2. The Kier molecular flexibility index (Phi) is 7.91. The molecular weight excluding hydrogens is 601 g/mol. The number of halogens is 4. The van der Waals surface area contributed by atoms with Crippen LogP contribution in [0.5, 0.6) is 5.75 Å². The van der Waals surface area contributed by atoms with E-state index >= 15 is 8.78 Å². The standard InChI is InChI=1S/C31H30Cl2F2N4O4/c1-30(2,3)13-22-31(24-18(34)11-15(32)12-20(24)38-29(31)42)23(16-6-5-7-17(33)25(16)35)26(39-22)28(41)37-19-9-8-14(27(36)40)10-21(19)43-4/h5-12,22-23,26,39H,13H2,1-4H3,(H2,36,40)(H,37,41)(H,38,42)/t22-,23-,26+,31+/m1/s1. The van der Waals surface area contributed by atoms with Crippen molar-refractivity contribution >= 4 is 52.3 Å². The second-order valence-corrected chi connectivity index (χ2v) is 12.8. The number of ether oxygens (including phenoxy) is 1. The molecule has 0 bridgehead atoms. The lowest BCUT2D eigenvalue weighted by Gasteiger charge is -2.37. The normalized spacial score (nSPS) is 22.8. The molecule has 1 fully saturated rings. The molecule has 0 aliphatic carbocycles. The van der Waals surface area contributed by atoms with Crippen molar-refractivity contribution < 1.29 is 27.9 Å². The number of hydrogen-bond acceptors (Lipinski definition) is 5. The van der Waals surface area contributed by atoms with Crippen molar-refractivity contribution in [3.05, 3.63) is 86.9 Å². The van der Waals surface area contributed by atoms with Crippen molar-refractivity contribution in [2.75, 3.05) is 17.7 Å². The molecule has 43 heavy (non-hydrogen) atoms. The molecule has 3 aromatic rings. The molecule has 226 valence electrons. The number of carbonyl (C=O) groups excluding carboxylic acids is 3. The zero-order chi connectivity index (χ0) is 31.4. The summed E-state index contributed by atoms with van der Waals surface area (Å²) in [6, 6.07) is 8.99. The lowest BCUT2D eigenvalue weighted by Crippen LogP contribution is -2.50. The highest BCUT2D eigenvalue weighted by atomic mass is 35.5. The third-order valence-corrected chi connectivity index (χ3v) is 8.52. The van der Waals surface area contributed by atoms with Gasteiger partial charge >= 0.3 is 0 Å². The minimum Gasteiger partial charge on any atom is -0.495 e. The molecule has 0 radical (unpaired) electrons. The SMILES string of the molecule is COc1cc(C(N)=O)ccc1NC(=O)[C@H]1N[C@H](CC(C)(C)C)[C@]2(C(=O)Nc3cc(Cl)cc(F)c32)[C@@H]1c1cccc(Cl)c1F. The van der Waals surface area contributed by atoms with Gasteiger partial charge in [-0.15, -0.1) is 0 Å². The predicted octanol–water partition coefficient (Wildman–Crippen LogP) is 5.77. The zero-order valence-electron chi connectivity index (χ0n) is 23.8. The largest absolute Gasteiger partial charge is 0.495 e. The van der Waals surface area contributed by atoms with E-state index in [2.05, 4.69) is 16.0 Å². The quantitative estimate of drug-likeness (QED) is 0.275. The van der Waals surface area contributed by atoms with Crippen LogP contribution in [-0.2, 0) is 15.0 Å². The van der Waals surface area contributed by atoms with Gasteiger partial charge in [0.05, 0.1) is 23.9 Å². The van der Waals surface area contributed by atoms with E-state index in [1.165, 1.54) is 49.6 Å². The smallest absolute Gasteiger partial charge is 0.248 e. The third kappa shape index (κ3) is 5.21. The van der Waals surface area contributed by atoms with Gasteiger partial charge in [0.25, 0.3) is 0 Å². The van der Waals surface area contributed by atoms with Crippen LogP contribution in [0.1, 0.15) is 54.6 Å². The Morgan fingerprint density at radius 3 is 2.49 bits per heavy atom. The van der Waals surface area contributed by atoms with Gasteiger partial charge in [-0.2, -0.15) is 0 Å². The van der Waals surface area contributed by atoms with E-state index in [1.54, 1.807) is 0 Å². The summed E-state index contributed by atoms with van der Waals surface area (Å²) in [5.41, 5.74) is 3.67. The Hall–Kier alpha value is -3.73. The molecule has 2 heterocycles. The zero-order valence-corrected chi connectivity index (χ0v) is 25.3. The molecule has 2 aliphatic rings. The summed E-state index contributed by atoms with van der Waals surface area (Å²) >= 11 is 12.4. The summed E-state index contributed by atoms with van der Waals surface area (Å²) in [7, 11) is 1.36. The van der Waals surface area contributed by atoms with E-state index in [1.807, 2.05) is 20.8 Å². The topological polar surface area (TPSA) is 123 Å². The second kappa shape index (κ2) is 11.1. The first kappa shape index (κ1) is 30.7. The van der Waals surface area contributed by atoms with E-state index in [9.17, 15) is 14.4 Å². The molecule has 0 saturated carbocycles. The van der Waals surface area contributed by atoms with Crippen LogP contribution in [-0.4, -0.2) is 36.9 Å². The molecule has 3 aromatic carbocycles. The average Bonchev–Trinajstić information content (AvgIpc) is 3.39. The molecule has 12 heteroatoms. The number of carbonyl (C=O) groups is 3. The van der Waals surface area contributed by atoms with E-state index in [0.29, 0.717) is 6.42 Å². The molecule has 5 N–H and O–H groups in total. The molecule has 1 spiro atoms. The molecule has 0 aromatic heterocycles. The molecule has 0 unspecified atom stereocenters. The van der Waals surface area contributed by atoms with Crippen LogP contribution in [0.3, 0.4) is 0 Å². The van der Waals surface area contributed by atoms with Crippen molar-refractivity contribution in [2.45, 2.75) is 50.6 Å². The lowest BCUT2D eigenvalue weighted by molar-refractivity contribution is -0.122. The Balaban J connectivity index is 1.73. The van der Waals surface area contributed by atoms with Crippen LogP contribution in [0.25, 0.3) is 0 Å². The van der Waals surface area contributed by atoms with Crippen LogP contribution in [0.4, 0.5) is 20.2 Å². The first-order chi connectivity index (χ1) is 20.2. The predicted molar refractivity (Wildman–Crippen MR) is 161 cm³/mol. The van der Waals surface area contributed by atoms with Crippen molar-refractivity contribution in [1.82, 2.24) is 5.32 Å². The molecule has 2 aliphatic heterocycles. The number of primary amides is 1. The van der Waals surface area contributed by atoms with Crippen LogP contribution in [0.2, 0.25) is 10.0 Å².